The van der Waals surface area contributed by atoms with Gasteiger partial charge in [-0.05, 0) is 19.4 Å². The van der Waals surface area contributed by atoms with E-state index >= 15 is 0 Å². The van der Waals surface area contributed by atoms with Gasteiger partial charge >= 0.3 is 170 Å². The summed E-state index contributed by atoms with van der Waals surface area (Å²) in [6, 6.07) is 8.37. The molecule has 3 heterocycles. The minimum Gasteiger partial charge on any atom is 0 e. The van der Waals surface area contributed by atoms with Crippen molar-refractivity contribution in [1.82, 2.24) is 30.6 Å². The van der Waals surface area contributed by atoms with Crippen LogP contribution in [0.3, 0.4) is 0 Å². The summed E-state index contributed by atoms with van der Waals surface area (Å²) in [6.45, 7) is 11.3. The van der Waals surface area contributed by atoms with Gasteiger partial charge < -0.3 is 5.32 Å². The molecule has 6 nitrogen and oxygen atoms in total. The van der Waals surface area contributed by atoms with Crippen molar-refractivity contribution < 1.29 is 52.1 Å². The van der Waals surface area contributed by atoms with E-state index < -0.39 is 0 Å². The summed E-state index contributed by atoms with van der Waals surface area (Å²) in [6.07, 6.45) is 9.98. The predicted molar refractivity (Wildman–Crippen MR) is 120 cm³/mol. The Kier molecular flexibility index (Phi) is 9.27. The molecule has 1 aliphatic rings. The Bertz CT molecular complexity index is 1090. The molecule has 163 valence electrons. The van der Waals surface area contributed by atoms with Gasteiger partial charge in [-0.1, -0.05) is 0 Å². The third-order valence-electron chi connectivity index (χ3n) is 5.37. The van der Waals surface area contributed by atoms with Crippen LogP contribution in [-0.4, -0.2) is 30.4 Å². The van der Waals surface area contributed by atoms with E-state index in [-0.39, 0.29) is 38.8 Å². The van der Waals surface area contributed by atoms with E-state index in [4.69, 9.17) is 6.58 Å². The van der Waals surface area contributed by atoms with Crippen LogP contribution < -0.4 is 10.6 Å². The van der Waals surface area contributed by atoms with Crippen molar-refractivity contribution in [3.63, 3.8) is 0 Å². The number of aromatic nitrogens is 4. The minimum atomic E-state index is -0.170. The fraction of sp³-hybridized carbons (Fsp3) is 0.208. The van der Waals surface area contributed by atoms with Gasteiger partial charge in [0.2, 0.25) is 0 Å². The van der Waals surface area contributed by atoms with Crippen molar-refractivity contribution in [2.24, 2.45) is 0 Å². The zero-order valence-corrected chi connectivity index (χ0v) is 23.5. The molecular weight excluding hydrogens is 645 g/mol. The fourth-order valence-corrected chi connectivity index (χ4v) is 4.12. The molecule has 4 rings (SSSR count). The van der Waals surface area contributed by atoms with Crippen LogP contribution in [0.15, 0.2) is 48.8 Å². The van der Waals surface area contributed by atoms with Crippen molar-refractivity contribution in [3.05, 3.63) is 92.3 Å². The quantitative estimate of drug-likeness (QED) is 0.218. The summed E-state index contributed by atoms with van der Waals surface area (Å²) >= 11 is 1.32. The minimum absolute atomic E-state index is 0. The summed E-state index contributed by atoms with van der Waals surface area (Å²) in [5.74, 6) is 1.77. The Labute approximate surface area is 225 Å². The SMILES string of the molecule is [CH-]=C(/C=C\[C](=[W])c1cnc(C([CH2-])N[CH2-])[nH]1)c1ccc(-c2cnc(C3CCCN3)[nH]2)cc1.[Y]. The number of aromatic amines is 2. The zero-order chi connectivity index (χ0) is 21.8. The Hall–Kier alpha value is -1.30. The first-order valence-electron chi connectivity index (χ1n) is 10.2. The van der Waals surface area contributed by atoms with E-state index in [1.54, 1.807) is 0 Å². The van der Waals surface area contributed by atoms with E-state index in [1.807, 2.05) is 36.7 Å². The maximum atomic E-state index is 6.32. The summed E-state index contributed by atoms with van der Waals surface area (Å²) in [4.78, 5) is 15.6. The molecule has 2 aromatic heterocycles. The molecule has 3 aromatic rings. The number of nitrogens with zero attached hydrogens (tertiary/aromatic N) is 2. The number of rotatable bonds is 8. The first-order valence-corrected chi connectivity index (χ1v) is 11.7. The molecule has 0 aliphatic carbocycles. The maximum absolute atomic E-state index is 6.32. The molecule has 1 saturated heterocycles. The van der Waals surface area contributed by atoms with Gasteiger partial charge in [-0.3, -0.25) is 0 Å². The standard InChI is InChI=1S/C24H25N6.W.Y/c1-16(6-4-7-20-14-27-23(29-20)17(2)25-3)18-9-11-19(12-10-18)22-15-28-24(30-22)21-8-5-13-26-21;;/h1,4,6,9-12,14-15,17,21,25-26H,2-3,5,8,13H2,(H,27,29)(H,28,30);;/q-3;;/b6-4-;;. The van der Waals surface area contributed by atoms with Crippen LogP contribution in [0.5, 0.6) is 0 Å². The molecule has 1 aromatic carbocycles. The summed E-state index contributed by atoms with van der Waals surface area (Å²) in [5, 5.41) is 6.30. The van der Waals surface area contributed by atoms with Gasteiger partial charge in [-0.15, -0.1) is 0 Å². The van der Waals surface area contributed by atoms with Gasteiger partial charge in [-0.2, -0.15) is 0 Å². The third kappa shape index (κ3) is 5.98. The van der Waals surface area contributed by atoms with Crippen LogP contribution in [0.2, 0.25) is 0 Å². The second-order valence-electron chi connectivity index (χ2n) is 7.50. The largest absolute Gasteiger partial charge is 0 e. The number of hydrogen-bond acceptors (Lipinski definition) is 4. The second-order valence-corrected chi connectivity index (χ2v) is 9.08. The van der Waals surface area contributed by atoms with Crippen molar-refractivity contribution >= 4 is 9.47 Å². The molecule has 0 bridgehead atoms. The van der Waals surface area contributed by atoms with Gasteiger partial charge in [0.1, 0.15) is 0 Å². The van der Waals surface area contributed by atoms with Gasteiger partial charge in [0.05, 0.1) is 0 Å². The van der Waals surface area contributed by atoms with Crippen LogP contribution in [0.25, 0.3) is 16.8 Å². The van der Waals surface area contributed by atoms with Gasteiger partial charge in [0, 0.05) is 32.7 Å². The van der Waals surface area contributed by atoms with Gasteiger partial charge in [0.15, 0.2) is 0 Å². The van der Waals surface area contributed by atoms with Crippen LogP contribution in [0, 0.1) is 20.6 Å². The number of allylic oxidation sites excluding steroid dienone is 3. The monoisotopic (exact) mass is 670 g/mol. The van der Waals surface area contributed by atoms with Crippen LogP contribution in [0.4, 0.5) is 0 Å². The van der Waals surface area contributed by atoms with Crippen molar-refractivity contribution in [2.45, 2.75) is 24.9 Å². The van der Waals surface area contributed by atoms with E-state index in [0.717, 1.165) is 51.0 Å². The van der Waals surface area contributed by atoms with E-state index in [9.17, 15) is 0 Å². The maximum Gasteiger partial charge on any atom is 0 e. The van der Waals surface area contributed by atoms with Gasteiger partial charge in [0.25, 0.3) is 0 Å². The molecule has 2 atom stereocenters. The van der Waals surface area contributed by atoms with Crippen molar-refractivity contribution in [2.75, 3.05) is 6.54 Å². The predicted octanol–water partition coefficient (Wildman–Crippen LogP) is 3.62. The van der Waals surface area contributed by atoms with Gasteiger partial charge in [-0.25, -0.2) is 0 Å². The third-order valence-corrected chi connectivity index (χ3v) is 6.65. The number of H-pyrrole nitrogens is 2. The first kappa shape index (κ1) is 25.3. The molecule has 4 N–H and O–H groups in total. The van der Waals surface area contributed by atoms with Crippen molar-refractivity contribution in [3.8, 4) is 11.3 Å². The van der Waals surface area contributed by atoms with E-state index in [1.165, 1.54) is 25.8 Å². The molecule has 0 saturated carbocycles. The second kappa shape index (κ2) is 11.7. The molecule has 32 heavy (non-hydrogen) atoms. The molecule has 1 radical (unpaired) electrons. The topological polar surface area (TPSA) is 81.4 Å². The van der Waals surface area contributed by atoms with Crippen molar-refractivity contribution in [1.29, 1.82) is 0 Å². The Balaban J connectivity index is 0.00000289. The average molecular weight is 670 g/mol. The fourth-order valence-electron chi connectivity index (χ4n) is 3.51. The molecular formula is C24H25N6WY-3. The molecule has 8 heteroatoms. The molecule has 0 spiro atoms. The van der Waals surface area contributed by atoms with E-state index in [2.05, 4.69) is 56.7 Å². The Morgan fingerprint density at radius 2 is 1.97 bits per heavy atom. The summed E-state index contributed by atoms with van der Waals surface area (Å²) in [7, 11) is 3.64. The van der Waals surface area contributed by atoms with Crippen LogP contribution in [-0.2, 0) is 52.1 Å². The van der Waals surface area contributed by atoms with E-state index in [0.29, 0.717) is 11.6 Å². The summed E-state index contributed by atoms with van der Waals surface area (Å²) in [5.41, 5.74) is 4.76. The normalized spacial score (nSPS) is 16.8. The molecule has 1 aliphatic heterocycles. The number of nitrogens with one attached hydrogen (secondary N) is 4. The average Bonchev–Trinajstić information content (AvgIpc) is 3.57. The first-order chi connectivity index (χ1) is 15.0. The molecule has 2 unspecified atom stereocenters. The summed E-state index contributed by atoms with van der Waals surface area (Å²) < 4.78 is 1.11. The van der Waals surface area contributed by atoms with Crippen LogP contribution >= 0.6 is 0 Å². The number of imidazole rings is 2. The number of hydrogen-bond donors (Lipinski definition) is 4. The Morgan fingerprint density at radius 3 is 2.66 bits per heavy atom. The smallest absolute Gasteiger partial charge is 0 e. The Morgan fingerprint density at radius 1 is 1.19 bits per heavy atom. The number of benzene rings is 1. The zero-order valence-electron chi connectivity index (χ0n) is 17.8. The molecule has 1 fully saturated rings. The van der Waals surface area contributed by atoms with Crippen LogP contribution in [0.1, 0.15) is 47.8 Å². The molecule has 0 amide bonds.